The number of aliphatic hydroxyl groups is 1. The molecule has 0 aromatic carbocycles. The van der Waals surface area contributed by atoms with Crippen molar-refractivity contribution < 1.29 is 5.11 Å². The fourth-order valence-electron chi connectivity index (χ4n) is 2.43. The molecule has 0 aromatic heterocycles. The van der Waals surface area contributed by atoms with Crippen molar-refractivity contribution >= 4 is 0 Å². The highest BCUT2D eigenvalue weighted by molar-refractivity contribution is 4.78. The van der Waals surface area contributed by atoms with Crippen LogP contribution >= 0.6 is 0 Å². The third-order valence-corrected chi connectivity index (χ3v) is 3.31. The Morgan fingerprint density at radius 2 is 1.77 bits per heavy atom. The first-order valence-electron chi connectivity index (χ1n) is 5.53. The zero-order valence-corrected chi connectivity index (χ0v) is 8.87. The summed E-state index contributed by atoms with van der Waals surface area (Å²) in [5.74, 6) is 1.47. The molecule has 0 saturated heterocycles. The molecule has 1 aliphatic carbocycles. The monoisotopic (exact) mass is 185 g/mol. The third-order valence-electron chi connectivity index (χ3n) is 3.31. The lowest BCUT2D eigenvalue weighted by Crippen LogP contribution is -2.30. The fourth-order valence-corrected chi connectivity index (χ4v) is 2.43. The molecule has 13 heavy (non-hydrogen) atoms. The molecule has 0 amide bonds. The molecule has 1 rings (SSSR count). The van der Waals surface area contributed by atoms with Crippen molar-refractivity contribution in [3.63, 3.8) is 0 Å². The second kappa shape index (κ2) is 4.97. The van der Waals surface area contributed by atoms with Gasteiger partial charge < -0.3 is 10.8 Å². The van der Waals surface area contributed by atoms with Gasteiger partial charge in [-0.25, -0.2) is 0 Å². The quantitative estimate of drug-likeness (QED) is 0.705. The molecule has 1 fully saturated rings. The van der Waals surface area contributed by atoms with Crippen LogP contribution in [0.1, 0.15) is 46.0 Å². The predicted octanol–water partition coefficient (Wildman–Crippen LogP) is 1.91. The standard InChI is InChI=1S/C11H23NO/c1-8(13)7-10-3-5-11(6-4-10)9(2)12/h8-11,13H,3-7,12H2,1-2H3. The summed E-state index contributed by atoms with van der Waals surface area (Å²) >= 11 is 0. The molecular formula is C11H23NO. The number of aliphatic hydroxyl groups excluding tert-OH is 1. The van der Waals surface area contributed by atoms with E-state index in [1.165, 1.54) is 25.7 Å². The summed E-state index contributed by atoms with van der Waals surface area (Å²) in [4.78, 5) is 0. The van der Waals surface area contributed by atoms with E-state index in [0.717, 1.165) is 18.3 Å². The maximum atomic E-state index is 9.26. The average molecular weight is 185 g/mol. The van der Waals surface area contributed by atoms with E-state index in [1.54, 1.807) is 0 Å². The Morgan fingerprint density at radius 3 is 2.15 bits per heavy atom. The maximum absolute atomic E-state index is 9.26. The van der Waals surface area contributed by atoms with Crippen molar-refractivity contribution in [2.45, 2.75) is 58.1 Å². The van der Waals surface area contributed by atoms with Gasteiger partial charge in [0.1, 0.15) is 0 Å². The van der Waals surface area contributed by atoms with Crippen LogP contribution in [0.2, 0.25) is 0 Å². The van der Waals surface area contributed by atoms with Crippen LogP contribution in [0.15, 0.2) is 0 Å². The zero-order chi connectivity index (χ0) is 9.84. The summed E-state index contributed by atoms with van der Waals surface area (Å²) in [6.07, 6.45) is 5.89. The SMILES string of the molecule is CC(O)CC1CCC(C(C)N)CC1. The van der Waals surface area contributed by atoms with E-state index >= 15 is 0 Å². The van der Waals surface area contributed by atoms with Crippen LogP contribution in [0.3, 0.4) is 0 Å². The average Bonchev–Trinajstić information content (AvgIpc) is 2.04. The molecular weight excluding hydrogens is 162 g/mol. The van der Waals surface area contributed by atoms with Crippen LogP contribution in [-0.2, 0) is 0 Å². The van der Waals surface area contributed by atoms with E-state index in [4.69, 9.17) is 5.73 Å². The maximum Gasteiger partial charge on any atom is 0.0514 e. The first-order chi connectivity index (χ1) is 6.09. The van der Waals surface area contributed by atoms with Gasteiger partial charge >= 0.3 is 0 Å². The van der Waals surface area contributed by atoms with Crippen molar-refractivity contribution in [2.24, 2.45) is 17.6 Å². The topological polar surface area (TPSA) is 46.2 Å². The molecule has 2 unspecified atom stereocenters. The molecule has 0 heterocycles. The van der Waals surface area contributed by atoms with Gasteiger partial charge in [-0.1, -0.05) is 12.8 Å². The highest BCUT2D eigenvalue weighted by atomic mass is 16.3. The molecule has 78 valence electrons. The molecule has 0 aromatic rings. The smallest absolute Gasteiger partial charge is 0.0514 e. The van der Waals surface area contributed by atoms with E-state index in [0.29, 0.717) is 6.04 Å². The highest BCUT2D eigenvalue weighted by Gasteiger charge is 2.23. The van der Waals surface area contributed by atoms with Gasteiger partial charge in [-0.3, -0.25) is 0 Å². The van der Waals surface area contributed by atoms with Gasteiger partial charge in [-0.05, 0) is 44.9 Å². The first kappa shape index (κ1) is 11.0. The van der Waals surface area contributed by atoms with E-state index in [-0.39, 0.29) is 6.10 Å². The summed E-state index contributed by atoms with van der Waals surface area (Å²) in [7, 11) is 0. The van der Waals surface area contributed by atoms with Crippen molar-refractivity contribution in [1.29, 1.82) is 0 Å². The molecule has 2 atom stereocenters. The summed E-state index contributed by atoms with van der Waals surface area (Å²) in [5, 5.41) is 9.26. The third kappa shape index (κ3) is 3.65. The molecule has 3 N–H and O–H groups in total. The fraction of sp³-hybridized carbons (Fsp3) is 1.00. The van der Waals surface area contributed by atoms with Gasteiger partial charge in [0.05, 0.1) is 6.10 Å². The van der Waals surface area contributed by atoms with Gasteiger partial charge in [0.25, 0.3) is 0 Å². The molecule has 1 saturated carbocycles. The molecule has 0 aliphatic heterocycles. The number of hydrogen-bond donors (Lipinski definition) is 2. The van der Waals surface area contributed by atoms with Crippen LogP contribution in [-0.4, -0.2) is 17.3 Å². The van der Waals surface area contributed by atoms with E-state index in [9.17, 15) is 5.11 Å². The summed E-state index contributed by atoms with van der Waals surface area (Å²) in [5.41, 5.74) is 5.86. The number of rotatable bonds is 3. The van der Waals surface area contributed by atoms with E-state index in [1.807, 2.05) is 6.92 Å². The van der Waals surface area contributed by atoms with Gasteiger partial charge in [0.2, 0.25) is 0 Å². The predicted molar refractivity (Wildman–Crippen MR) is 55.4 cm³/mol. The van der Waals surface area contributed by atoms with Gasteiger partial charge in [-0.15, -0.1) is 0 Å². The lowest BCUT2D eigenvalue weighted by molar-refractivity contribution is 0.134. The van der Waals surface area contributed by atoms with Crippen molar-refractivity contribution in [2.75, 3.05) is 0 Å². The minimum atomic E-state index is -0.128. The Morgan fingerprint density at radius 1 is 1.23 bits per heavy atom. The highest BCUT2D eigenvalue weighted by Crippen LogP contribution is 2.32. The number of nitrogens with two attached hydrogens (primary N) is 1. The largest absolute Gasteiger partial charge is 0.393 e. The molecule has 1 aliphatic rings. The minimum absolute atomic E-state index is 0.128. The molecule has 2 nitrogen and oxygen atoms in total. The minimum Gasteiger partial charge on any atom is -0.393 e. The van der Waals surface area contributed by atoms with Crippen LogP contribution < -0.4 is 5.73 Å². The van der Waals surface area contributed by atoms with Crippen LogP contribution in [0.5, 0.6) is 0 Å². The second-order valence-corrected chi connectivity index (χ2v) is 4.72. The molecule has 0 spiro atoms. The Bertz CT molecular complexity index is 137. The Kier molecular flexibility index (Phi) is 4.20. The van der Waals surface area contributed by atoms with E-state index < -0.39 is 0 Å². The summed E-state index contributed by atoms with van der Waals surface area (Å²) in [6, 6.07) is 0.354. The van der Waals surface area contributed by atoms with Crippen molar-refractivity contribution in [3.8, 4) is 0 Å². The molecule has 2 heteroatoms. The Labute approximate surface area is 81.5 Å². The zero-order valence-electron chi connectivity index (χ0n) is 8.87. The lowest BCUT2D eigenvalue weighted by Gasteiger charge is -2.31. The van der Waals surface area contributed by atoms with Crippen molar-refractivity contribution in [1.82, 2.24) is 0 Å². The Balaban J connectivity index is 2.22. The summed E-state index contributed by atoms with van der Waals surface area (Å²) in [6.45, 7) is 4.00. The first-order valence-corrected chi connectivity index (χ1v) is 5.53. The second-order valence-electron chi connectivity index (χ2n) is 4.72. The van der Waals surface area contributed by atoms with Gasteiger partial charge in [0, 0.05) is 6.04 Å². The Hall–Kier alpha value is -0.0800. The van der Waals surface area contributed by atoms with Gasteiger partial charge in [-0.2, -0.15) is 0 Å². The van der Waals surface area contributed by atoms with Crippen LogP contribution in [0, 0.1) is 11.8 Å². The number of hydrogen-bond acceptors (Lipinski definition) is 2. The molecule has 0 bridgehead atoms. The summed E-state index contributed by atoms with van der Waals surface area (Å²) < 4.78 is 0. The normalized spacial score (nSPS) is 34.2. The van der Waals surface area contributed by atoms with Crippen molar-refractivity contribution in [3.05, 3.63) is 0 Å². The van der Waals surface area contributed by atoms with Gasteiger partial charge in [0.15, 0.2) is 0 Å². The molecule has 0 radical (unpaired) electrons. The van der Waals surface area contributed by atoms with Crippen LogP contribution in [0.4, 0.5) is 0 Å². The lowest BCUT2D eigenvalue weighted by atomic mass is 9.77. The van der Waals surface area contributed by atoms with E-state index in [2.05, 4.69) is 6.92 Å². The van der Waals surface area contributed by atoms with Crippen LogP contribution in [0.25, 0.3) is 0 Å².